The number of aromatic nitrogens is 1. The first-order valence-electron chi connectivity index (χ1n) is 15.0. The summed E-state index contributed by atoms with van der Waals surface area (Å²) in [4.78, 5) is 30.7. The number of nitrogens with two attached hydrogens (primary N) is 1. The van der Waals surface area contributed by atoms with Gasteiger partial charge in [-0.1, -0.05) is 37.5 Å². The maximum absolute atomic E-state index is 14.6. The molecule has 2 amide bonds. The molecule has 1 aromatic heterocycles. The van der Waals surface area contributed by atoms with Crippen molar-refractivity contribution >= 4 is 29.0 Å². The van der Waals surface area contributed by atoms with Crippen molar-refractivity contribution < 1.29 is 28.5 Å². The molecule has 0 saturated heterocycles. The Hall–Kier alpha value is -4.77. The molecule has 4 aromatic rings. The van der Waals surface area contributed by atoms with Gasteiger partial charge in [0.15, 0.2) is 11.5 Å². The lowest BCUT2D eigenvalue weighted by atomic mass is 9.94. The van der Waals surface area contributed by atoms with Crippen molar-refractivity contribution in [3.63, 3.8) is 0 Å². The highest BCUT2D eigenvalue weighted by Gasteiger charge is 2.36. The predicted octanol–water partition coefficient (Wildman–Crippen LogP) is 5.97. The zero-order chi connectivity index (χ0) is 31.3. The van der Waals surface area contributed by atoms with Crippen molar-refractivity contribution in [2.75, 3.05) is 26.7 Å². The molecule has 234 valence electrons. The first kappa shape index (κ1) is 30.3. The fraction of sp³-hybridized carbons (Fsp3) is 0.324. The van der Waals surface area contributed by atoms with Crippen LogP contribution < -0.4 is 30.0 Å². The molecule has 6 rings (SSSR count). The van der Waals surface area contributed by atoms with Gasteiger partial charge in [0.05, 0.1) is 19.9 Å². The van der Waals surface area contributed by atoms with Gasteiger partial charge < -0.3 is 34.9 Å². The molecule has 0 spiro atoms. The van der Waals surface area contributed by atoms with E-state index in [9.17, 15) is 9.59 Å². The van der Waals surface area contributed by atoms with E-state index in [4.69, 9.17) is 24.7 Å². The maximum atomic E-state index is 14.6. The lowest BCUT2D eigenvalue weighted by Crippen LogP contribution is -2.46. The number of nitrogens with zero attached hydrogens (tertiary/aromatic N) is 2. The molecule has 11 heteroatoms. The SMILES string of the molecule is COc1ccc(-c2nsc(C(=O)N(Cc3ccc4c(c3)OCO4)[C@@H](C(=O)NC3CCCCC3)c3ccc(OC)cc3)c2N)cc1. The number of hydrogen-bond donors (Lipinski definition) is 2. The van der Waals surface area contributed by atoms with Crippen LogP contribution in [0.15, 0.2) is 66.7 Å². The lowest BCUT2D eigenvalue weighted by Gasteiger charge is -2.33. The summed E-state index contributed by atoms with van der Waals surface area (Å²) >= 11 is 1.02. The zero-order valence-electron chi connectivity index (χ0n) is 25.3. The number of anilines is 1. The van der Waals surface area contributed by atoms with Crippen LogP contribution in [0.2, 0.25) is 0 Å². The first-order valence-corrected chi connectivity index (χ1v) is 15.8. The molecule has 1 aliphatic carbocycles. The Labute approximate surface area is 266 Å². The molecule has 3 N–H and O–H groups in total. The minimum Gasteiger partial charge on any atom is -0.497 e. The monoisotopic (exact) mass is 628 g/mol. The molecule has 10 nitrogen and oxygen atoms in total. The van der Waals surface area contributed by atoms with Gasteiger partial charge >= 0.3 is 0 Å². The molecule has 1 saturated carbocycles. The molecule has 1 atom stereocenters. The Morgan fingerprint density at radius 2 is 1.62 bits per heavy atom. The van der Waals surface area contributed by atoms with Crippen molar-refractivity contribution in [1.82, 2.24) is 14.6 Å². The topological polar surface area (TPSA) is 125 Å². The van der Waals surface area contributed by atoms with Crippen molar-refractivity contribution in [3.05, 3.63) is 82.7 Å². The van der Waals surface area contributed by atoms with Gasteiger partial charge in [-0.05, 0) is 84.0 Å². The zero-order valence-corrected chi connectivity index (χ0v) is 26.1. The molecule has 0 bridgehead atoms. The van der Waals surface area contributed by atoms with Crippen molar-refractivity contribution in [2.24, 2.45) is 0 Å². The van der Waals surface area contributed by atoms with Crippen LogP contribution >= 0.6 is 11.5 Å². The number of ether oxygens (including phenoxy) is 4. The van der Waals surface area contributed by atoms with E-state index in [1.54, 1.807) is 31.3 Å². The second-order valence-corrected chi connectivity index (χ2v) is 11.9. The van der Waals surface area contributed by atoms with E-state index in [1.807, 2.05) is 54.6 Å². The number of hydrogen-bond acceptors (Lipinski definition) is 9. The average molecular weight is 629 g/mol. The van der Waals surface area contributed by atoms with E-state index in [1.165, 1.54) is 0 Å². The van der Waals surface area contributed by atoms with Gasteiger partial charge in [0.25, 0.3) is 5.91 Å². The summed E-state index contributed by atoms with van der Waals surface area (Å²) in [6, 6.07) is 19.2. The lowest BCUT2D eigenvalue weighted by molar-refractivity contribution is -0.127. The van der Waals surface area contributed by atoms with Crippen LogP contribution in [0.25, 0.3) is 11.3 Å². The fourth-order valence-corrected chi connectivity index (χ4v) is 6.62. The smallest absolute Gasteiger partial charge is 0.268 e. The third kappa shape index (κ3) is 6.53. The van der Waals surface area contributed by atoms with Gasteiger partial charge in [0, 0.05) is 18.2 Å². The number of fused-ring (bicyclic) bond motifs is 1. The molecule has 1 fully saturated rings. The van der Waals surface area contributed by atoms with E-state index in [2.05, 4.69) is 9.69 Å². The Balaban J connectivity index is 1.41. The minimum absolute atomic E-state index is 0.0460. The summed E-state index contributed by atoms with van der Waals surface area (Å²) in [6.45, 7) is 0.241. The van der Waals surface area contributed by atoms with E-state index >= 15 is 0 Å². The Kier molecular flexibility index (Phi) is 9.06. The van der Waals surface area contributed by atoms with E-state index in [-0.39, 0.29) is 35.9 Å². The van der Waals surface area contributed by atoms with Crippen LogP contribution in [0.3, 0.4) is 0 Å². The van der Waals surface area contributed by atoms with E-state index in [0.29, 0.717) is 34.3 Å². The third-order valence-corrected chi connectivity index (χ3v) is 9.13. The highest BCUT2D eigenvalue weighted by Crippen LogP contribution is 2.37. The number of carbonyl (C=O) groups excluding carboxylic acids is 2. The number of methoxy groups -OCH3 is 2. The van der Waals surface area contributed by atoms with Gasteiger partial charge in [-0.25, -0.2) is 0 Å². The third-order valence-electron chi connectivity index (χ3n) is 8.28. The Bertz CT molecular complexity index is 1650. The molecule has 2 aliphatic rings. The molecule has 0 radical (unpaired) electrons. The van der Waals surface area contributed by atoms with Crippen LogP contribution in [0.1, 0.15) is 58.9 Å². The Morgan fingerprint density at radius 1 is 0.956 bits per heavy atom. The summed E-state index contributed by atoms with van der Waals surface area (Å²) in [5.74, 6) is 1.92. The molecule has 45 heavy (non-hydrogen) atoms. The van der Waals surface area contributed by atoms with Crippen LogP contribution in [0.5, 0.6) is 23.0 Å². The maximum Gasteiger partial charge on any atom is 0.268 e. The second kappa shape index (κ2) is 13.5. The molecular weight excluding hydrogens is 592 g/mol. The molecular formula is C34H36N4O6S. The van der Waals surface area contributed by atoms with Crippen molar-refractivity contribution in [1.29, 1.82) is 0 Å². The summed E-state index contributed by atoms with van der Waals surface area (Å²) in [6.07, 6.45) is 5.09. The molecule has 2 heterocycles. The Morgan fingerprint density at radius 3 is 2.31 bits per heavy atom. The molecule has 0 unspecified atom stereocenters. The van der Waals surface area contributed by atoms with E-state index in [0.717, 1.165) is 54.8 Å². The number of amides is 2. The number of benzene rings is 3. The number of nitrogens with one attached hydrogen (secondary N) is 1. The van der Waals surface area contributed by atoms with Gasteiger partial charge in [0.2, 0.25) is 12.7 Å². The van der Waals surface area contributed by atoms with Crippen molar-refractivity contribution in [2.45, 2.75) is 50.7 Å². The summed E-state index contributed by atoms with van der Waals surface area (Å²) in [5.41, 5.74) is 9.57. The highest BCUT2D eigenvalue weighted by molar-refractivity contribution is 7.09. The fourth-order valence-electron chi connectivity index (χ4n) is 5.84. The highest BCUT2D eigenvalue weighted by atomic mass is 32.1. The summed E-state index contributed by atoms with van der Waals surface area (Å²) in [5, 5.41) is 3.25. The predicted molar refractivity (Wildman–Crippen MR) is 172 cm³/mol. The van der Waals surface area contributed by atoms with Crippen LogP contribution in [-0.2, 0) is 11.3 Å². The second-order valence-electron chi connectivity index (χ2n) is 11.1. The van der Waals surface area contributed by atoms with E-state index < -0.39 is 11.9 Å². The van der Waals surface area contributed by atoms with Crippen LogP contribution in [-0.4, -0.2) is 48.1 Å². The van der Waals surface area contributed by atoms with Gasteiger partial charge in [-0.2, -0.15) is 4.37 Å². The quantitative estimate of drug-likeness (QED) is 0.220. The normalized spacial score (nSPS) is 14.9. The first-order chi connectivity index (χ1) is 21.9. The van der Waals surface area contributed by atoms with Gasteiger partial charge in [-0.15, -0.1) is 0 Å². The summed E-state index contributed by atoms with van der Waals surface area (Å²) < 4.78 is 26.4. The number of rotatable bonds is 10. The number of carbonyl (C=O) groups is 2. The van der Waals surface area contributed by atoms with Crippen molar-refractivity contribution in [3.8, 4) is 34.3 Å². The molecule has 1 aliphatic heterocycles. The van der Waals surface area contributed by atoms with Gasteiger partial charge in [0.1, 0.15) is 28.1 Å². The number of nitrogen functional groups attached to an aromatic ring is 1. The largest absolute Gasteiger partial charge is 0.497 e. The summed E-state index contributed by atoms with van der Waals surface area (Å²) in [7, 11) is 3.19. The standard InChI is InChI=1S/C34H36N4O6S/c1-41-25-13-9-22(10-14-25)30-29(35)32(45-37-30)34(40)38(19-21-8-17-27-28(18-21)44-20-43-27)31(23-11-15-26(42-2)16-12-23)33(39)36-24-6-4-3-5-7-24/h8-18,24,31H,3-7,19-20,35H2,1-2H3,(H,36,39)/t31-/m1/s1. The van der Waals surface area contributed by atoms with Crippen LogP contribution in [0, 0.1) is 0 Å². The molecule has 3 aromatic carbocycles. The average Bonchev–Trinajstić information content (AvgIpc) is 3.71. The minimum atomic E-state index is -0.957. The van der Waals surface area contributed by atoms with Crippen LogP contribution in [0.4, 0.5) is 5.69 Å². The van der Waals surface area contributed by atoms with Gasteiger partial charge in [-0.3, -0.25) is 9.59 Å².